The van der Waals surface area contributed by atoms with Gasteiger partial charge in [0.2, 0.25) is 10.0 Å². The molecule has 1 aromatic carbocycles. The number of sulfonamides is 1. The summed E-state index contributed by atoms with van der Waals surface area (Å²) >= 11 is 7.35. The monoisotopic (exact) mass is 417 g/mol. The molecule has 2 aromatic rings. The number of nitrogens with one attached hydrogen (secondary N) is 1. The number of hydrogen-bond acceptors (Lipinski definition) is 5. The molecule has 1 amide bonds. The number of carbonyl (C=O) groups excluding carboxylic acids is 1. The fourth-order valence-corrected chi connectivity index (χ4v) is 3.80. The zero-order valence-corrected chi connectivity index (χ0v) is 17.0. The minimum atomic E-state index is -3.21. The van der Waals surface area contributed by atoms with Gasteiger partial charge in [-0.1, -0.05) is 11.6 Å². The van der Waals surface area contributed by atoms with E-state index >= 15 is 0 Å². The van der Waals surface area contributed by atoms with Crippen molar-refractivity contribution in [3.05, 3.63) is 44.7 Å². The maximum atomic E-state index is 12.6. The number of aryl methyl sites for hydroxylation is 2. The Morgan fingerprint density at radius 2 is 2.15 bits per heavy atom. The lowest BCUT2D eigenvalue weighted by molar-refractivity contribution is 0.0995. The van der Waals surface area contributed by atoms with Crippen molar-refractivity contribution >= 4 is 38.9 Å². The van der Waals surface area contributed by atoms with Crippen LogP contribution in [0.3, 0.4) is 0 Å². The van der Waals surface area contributed by atoms with Crippen LogP contribution >= 0.6 is 22.9 Å². The number of benzene rings is 1. The van der Waals surface area contributed by atoms with E-state index in [0.29, 0.717) is 35.1 Å². The SMILES string of the molecule is COc1ccc(Cl)cc1C(=O)N=c1sc(C)cn1CCCNS(C)(=O)=O. The van der Waals surface area contributed by atoms with Crippen LogP contribution in [-0.2, 0) is 16.6 Å². The molecule has 10 heteroatoms. The van der Waals surface area contributed by atoms with Crippen molar-refractivity contribution in [2.45, 2.75) is 19.9 Å². The molecule has 1 heterocycles. The summed E-state index contributed by atoms with van der Waals surface area (Å²) in [6.45, 7) is 2.77. The Morgan fingerprint density at radius 1 is 1.42 bits per heavy atom. The Morgan fingerprint density at radius 3 is 2.81 bits per heavy atom. The van der Waals surface area contributed by atoms with Gasteiger partial charge in [-0.05, 0) is 31.5 Å². The Hall–Kier alpha value is -1.68. The van der Waals surface area contributed by atoms with Gasteiger partial charge in [0.15, 0.2) is 4.80 Å². The lowest BCUT2D eigenvalue weighted by atomic mass is 10.2. The van der Waals surface area contributed by atoms with Crippen molar-refractivity contribution in [2.24, 2.45) is 4.99 Å². The smallest absolute Gasteiger partial charge is 0.283 e. The van der Waals surface area contributed by atoms with E-state index in [1.54, 1.807) is 12.1 Å². The van der Waals surface area contributed by atoms with Crippen LogP contribution in [0.4, 0.5) is 0 Å². The molecule has 0 bridgehead atoms. The standard InChI is InChI=1S/C16H20ClN3O4S2/c1-11-10-20(8-4-7-18-26(3,22)23)16(25-11)19-15(21)13-9-12(17)5-6-14(13)24-2/h5-6,9-10,18H,4,7-8H2,1-3H3. The molecule has 26 heavy (non-hydrogen) atoms. The normalized spacial score (nSPS) is 12.4. The van der Waals surface area contributed by atoms with E-state index < -0.39 is 15.9 Å². The fourth-order valence-electron chi connectivity index (χ4n) is 2.25. The van der Waals surface area contributed by atoms with Crippen LogP contribution in [0.2, 0.25) is 5.02 Å². The van der Waals surface area contributed by atoms with Crippen molar-refractivity contribution in [3.63, 3.8) is 0 Å². The highest BCUT2D eigenvalue weighted by molar-refractivity contribution is 7.88. The molecule has 0 radical (unpaired) electrons. The second-order valence-corrected chi connectivity index (χ2v) is 9.08. The van der Waals surface area contributed by atoms with Crippen molar-refractivity contribution in [2.75, 3.05) is 19.9 Å². The highest BCUT2D eigenvalue weighted by Crippen LogP contribution is 2.23. The van der Waals surface area contributed by atoms with E-state index in [1.165, 1.54) is 24.5 Å². The lowest BCUT2D eigenvalue weighted by Crippen LogP contribution is -2.25. The molecule has 0 spiro atoms. The maximum Gasteiger partial charge on any atom is 0.283 e. The molecule has 142 valence electrons. The average molecular weight is 418 g/mol. The number of amides is 1. The van der Waals surface area contributed by atoms with E-state index in [4.69, 9.17) is 16.3 Å². The second-order valence-electron chi connectivity index (χ2n) is 5.60. The van der Waals surface area contributed by atoms with Crippen LogP contribution in [0.5, 0.6) is 5.75 Å². The average Bonchev–Trinajstić information content (AvgIpc) is 2.90. The van der Waals surface area contributed by atoms with Crippen molar-refractivity contribution in [3.8, 4) is 5.75 Å². The van der Waals surface area contributed by atoms with E-state index in [2.05, 4.69) is 9.71 Å². The molecular formula is C16H20ClN3O4S2. The van der Waals surface area contributed by atoms with E-state index in [9.17, 15) is 13.2 Å². The number of nitrogens with zero attached hydrogens (tertiary/aromatic N) is 2. The number of carbonyl (C=O) groups is 1. The van der Waals surface area contributed by atoms with Gasteiger partial charge in [0.1, 0.15) is 5.75 Å². The number of aromatic nitrogens is 1. The second kappa shape index (κ2) is 8.81. The molecule has 2 rings (SSSR count). The highest BCUT2D eigenvalue weighted by Gasteiger charge is 2.13. The van der Waals surface area contributed by atoms with Crippen LogP contribution in [0.25, 0.3) is 0 Å². The van der Waals surface area contributed by atoms with Gasteiger partial charge in [0.05, 0.1) is 18.9 Å². The van der Waals surface area contributed by atoms with E-state index in [-0.39, 0.29) is 5.56 Å². The predicted octanol–water partition coefficient (Wildman–Crippen LogP) is 2.20. The third kappa shape index (κ3) is 5.94. The first-order chi connectivity index (χ1) is 12.2. The third-order valence-electron chi connectivity index (χ3n) is 3.36. The first-order valence-corrected chi connectivity index (χ1v) is 10.8. The predicted molar refractivity (Wildman–Crippen MR) is 102 cm³/mol. The molecule has 0 atom stereocenters. The van der Waals surface area contributed by atoms with Gasteiger partial charge in [0, 0.05) is 29.2 Å². The molecule has 0 aliphatic heterocycles. The molecule has 1 aromatic heterocycles. The summed E-state index contributed by atoms with van der Waals surface area (Å²) in [5, 5.41) is 0.423. The lowest BCUT2D eigenvalue weighted by Gasteiger charge is -2.06. The highest BCUT2D eigenvalue weighted by atomic mass is 35.5. The van der Waals surface area contributed by atoms with Crippen LogP contribution in [0, 0.1) is 6.92 Å². The quantitative estimate of drug-likeness (QED) is 0.699. The van der Waals surface area contributed by atoms with Crippen molar-refractivity contribution < 1.29 is 17.9 Å². The molecule has 0 saturated heterocycles. The van der Waals surface area contributed by atoms with Gasteiger partial charge in [-0.25, -0.2) is 13.1 Å². The van der Waals surface area contributed by atoms with Gasteiger partial charge in [-0.3, -0.25) is 4.79 Å². The van der Waals surface area contributed by atoms with Crippen molar-refractivity contribution in [1.29, 1.82) is 0 Å². The first-order valence-electron chi connectivity index (χ1n) is 7.73. The van der Waals surface area contributed by atoms with Crippen LogP contribution in [0.1, 0.15) is 21.7 Å². The summed E-state index contributed by atoms with van der Waals surface area (Å²) in [6.07, 6.45) is 3.57. The van der Waals surface area contributed by atoms with Gasteiger partial charge in [-0.15, -0.1) is 11.3 Å². The number of halogens is 1. The fraction of sp³-hybridized carbons (Fsp3) is 0.375. The zero-order chi connectivity index (χ0) is 19.3. The molecule has 0 saturated carbocycles. The number of ether oxygens (including phenoxy) is 1. The summed E-state index contributed by atoms with van der Waals surface area (Å²) in [6, 6.07) is 4.78. The zero-order valence-electron chi connectivity index (χ0n) is 14.7. The number of rotatable bonds is 7. The summed E-state index contributed by atoms with van der Waals surface area (Å²) in [7, 11) is -1.73. The molecule has 0 aliphatic rings. The van der Waals surface area contributed by atoms with Crippen LogP contribution in [0.15, 0.2) is 29.4 Å². The molecule has 0 fully saturated rings. The summed E-state index contributed by atoms with van der Waals surface area (Å²) < 4.78 is 31.7. The van der Waals surface area contributed by atoms with Gasteiger partial charge in [0.25, 0.3) is 5.91 Å². The Bertz CT molecular complexity index is 964. The summed E-state index contributed by atoms with van der Waals surface area (Å²) in [4.78, 5) is 18.3. The van der Waals surface area contributed by atoms with Gasteiger partial charge >= 0.3 is 0 Å². The number of methoxy groups -OCH3 is 1. The minimum absolute atomic E-state index is 0.288. The molecule has 0 aliphatic carbocycles. The van der Waals surface area contributed by atoms with E-state index in [0.717, 1.165) is 11.1 Å². The summed E-state index contributed by atoms with van der Waals surface area (Å²) in [5.41, 5.74) is 0.288. The Kier molecular flexibility index (Phi) is 6.99. The Balaban J connectivity index is 2.23. The first kappa shape index (κ1) is 20.6. The van der Waals surface area contributed by atoms with Crippen LogP contribution in [-0.4, -0.2) is 38.8 Å². The third-order valence-corrected chi connectivity index (χ3v) is 5.26. The van der Waals surface area contributed by atoms with Crippen LogP contribution < -0.4 is 14.3 Å². The molecule has 1 N–H and O–H groups in total. The number of thiazole rings is 1. The topological polar surface area (TPSA) is 89.8 Å². The van der Waals surface area contributed by atoms with Crippen molar-refractivity contribution in [1.82, 2.24) is 9.29 Å². The molecular weight excluding hydrogens is 398 g/mol. The Labute approximate surface area is 161 Å². The largest absolute Gasteiger partial charge is 0.496 e. The molecule has 7 nitrogen and oxygen atoms in total. The van der Waals surface area contributed by atoms with Gasteiger partial charge < -0.3 is 9.30 Å². The molecule has 0 unspecified atom stereocenters. The maximum absolute atomic E-state index is 12.6. The summed E-state index contributed by atoms with van der Waals surface area (Å²) in [5.74, 6) is -0.0467. The van der Waals surface area contributed by atoms with Gasteiger partial charge in [-0.2, -0.15) is 4.99 Å². The van der Waals surface area contributed by atoms with E-state index in [1.807, 2.05) is 17.7 Å². The minimum Gasteiger partial charge on any atom is -0.496 e. The number of hydrogen-bond donors (Lipinski definition) is 1.